The van der Waals surface area contributed by atoms with Gasteiger partial charge in [0.15, 0.2) is 6.61 Å². The van der Waals surface area contributed by atoms with Gasteiger partial charge in [0.1, 0.15) is 23.7 Å². The first kappa shape index (κ1) is 20.9. The molecule has 0 saturated heterocycles. The molecule has 28 heavy (non-hydrogen) atoms. The van der Waals surface area contributed by atoms with Crippen molar-refractivity contribution in [3.05, 3.63) is 65.5 Å². The van der Waals surface area contributed by atoms with E-state index in [-0.39, 0.29) is 23.7 Å². The maximum Gasteiger partial charge on any atom is 0.342 e. The number of esters is 1. The molecule has 2 rings (SSSR count). The van der Waals surface area contributed by atoms with Crippen molar-refractivity contribution in [3.8, 4) is 5.75 Å². The Balaban J connectivity index is 1.90. The van der Waals surface area contributed by atoms with Crippen LogP contribution < -0.4 is 15.4 Å². The molecule has 0 heterocycles. The predicted molar refractivity (Wildman–Crippen MR) is 99.3 cm³/mol. The van der Waals surface area contributed by atoms with Crippen molar-refractivity contribution in [2.75, 3.05) is 13.2 Å². The molecule has 7 nitrogen and oxygen atoms in total. The average Bonchev–Trinajstić information content (AvgIpc) is 2.70. The van der Waals surface area contributed by atoms with Gasteiger partial charge >= 0.3 is 12.0 Å². The highest BCUT2D eigenvalue weighted by molar-refractivity contribution is 5.97. The summed E-state index contributed by atoms with van der Waals surface area (Å²) < 4.78 is 23.5. The molecule has 0 aliphatic carbocycles. The third-order valence-electron chi connectivity index (χ3n) is 3.54. The summed E-state index contributed by atoms with van der Waals surface area (Å²) in [7, 11) is 0. The average molecular weight is 388 g/mol. The van der Waals surface area contributed by atoms with Crippen molar-refractivity contribution in [3.63, 3.8) is 0 Å². The molecule has 2 aromatic rings. The highest BCUT2D eigenvalue weighted by Gasteiger charge is 2.16. The highest BCUT2D eigenvalue weighted by atomic mass is 19.1. The second kappa shape index (κ2) is 10.7. The topological polar surface area (TPSA) is 93.7 Å². The van der Waals surface area contributed by atoms with Gasteiger partial charge in [-0.3, -0.25) is 10.1 Å². The van der Waals surface area contributed by atoms with Crippen LogP contribution in [0.4, 0.5) is 9.18 Å². The number of hydrogen-bond acceptors (Lipinski definition) is 5. The summed E-state index contributed by atoms with van der Waals surface area (Å²) in [6.07, 6.45) is 0.727. The van der Waals surface area contributed by atoms with Gasteiger partial charge in [0.05, 0.1) is 0 Å². The van der Waals surface area contributed by atoms with Crippen molar-refractivity contribution >= 4 is 17.9 Å². The Labute approximate surface area is 161 Å². The fraction of sp³-hybridized carbons (Fsp3) is 0.250. The van der Waals surface area contributed by atoms with E-state index < -0.39 is 24.5 Å². The van der Waals surface area contributed by atoms with E-state index in [0.29, 0.717) is 6.54 Å². The van der Waals surface area contributed by atoms with E-state index >= 15 is 0 Å². The number of imide groups is 1. The van der Waals surface area contributed by atoms with Crippen LogP contribution in [0.1, 0.15) is 29.3 Å². The quantitative estimate of drug-likeness (QED) is 0.679. The molecular weight excluding hydrogens is 367 g/mol. The number of carbonyl (C=O) groups is 3. The molecule has 0 aliphatic rings. The molecule has 0 aromatic heterocycles. The first-order chi connectivity index (χ1) is 13.5. The van der Waals surface area contributed by atoms with E-state index in [1.807, 2.05) is 6.92 Å². The summed E-state index contributed by atoms with van der Waals surface area (Å²) >= 11 is 0. The summed E-state index contributed by atoms with van der Waals surface area (Å²) in [6.45, 7) is 1.82. The Hall–Kier alpha value is -3.42. The molecule has 0 fully saturated rings. The van der Waals surface area contributed by atoms with E-state index in [2.05, 4.69) is 10.6 Å². The van der Waals surface area contributed by atoms with E-state index in [0.717, 1.165) is 12.0 Å². The molecule has 0 radical (unpaired) electrons. The monoisotopic (exact) mass is 388 g/mol. The first-order valence-corrected chi connectivity index (χ1v) is 8.70. The number of carbonyl (C=O) groups excluding carboxylic acids is 3. The number of urea groups is 1. The van der Waals surface area contributed by atoms with Gasteiger partial charge in [-0.2, -0.15) is 0 Å². The van der Waals surface area contributed by atoms with Gasteiger partial charge in [-0.05, 0) is 36.2 Å². The minimum absolute atomic E-state index is 0.128. The molecule has 3 amide bonds. The second-order valence-electron chi connectivity index (χ2n) is 5.79. The molecule has 0 saturated carbocycles. The number of hydrogen-bond donors (Lipinski definition) is 2. The Kier molecular flexibility index (Phi) is 7.95. The number of halogens is 1. The van der Waals surface area contributed by atoms with Crippen molar-refractivity contribution in [2.45, 2.75) is 20.0 Å². The Bertz CT molecular complexity index is 824. The molecule has 0 bridgehead atoms. The van der Waals surface area contributed by atoms with Gasteiger partial charge < -0.3 is 14.8 Å². The van der Waals surface area contributed by atoms with Crippen LogP contribution >= 0.6 is 0 Å². The minimum atomic E-state index is -0.765. The molecular formula is C20H21FN2O5. The Morgan fingerprint density at radius 3 is 2.46 bits per heavy atom. The maximum atomic E-state index is 13.0. The van der Waals surface area contributed by atoms with E-state index in [1.54, 1.807) is 30.3 Å². The lowest BCUT2D eigenvalue weighted by Gasteiger charge is -2.11. The largest absolute Gasteiger partial charge is 0.488 e. The van der Waals surface area contributed by atoms with Gasteiger partial charge in [-0.25, -0.2) is 14.0 Å². The number of amides is 3. The van der Waals surface area contributed by atoms with Crippen LogP contribution in [0.15, 0.2) is 48.5 Å². The molecule has 0 aliphatic heterocycles. The summed E-state index contributed by atoms with van der Waals surface area (Å²) in [4.78, 5) is 35.3. The van der Waals surface area contributed by atoms with Crippen molar-refractivity contribution in [1.29, 1.82) is 0 Å². The molecule has 0 atom stereocenters. The van der Waals surface area contributed by atoms with Crippen LogP contribution in [0.2, 0.25) is 0 Å². The number of rotatable bonds is 8. The smallest absolute Gasteiger partial charge is 0.342 e. The fourth-order valence-electron chi connectivity index (χ4n) is 2.16. The highest BCUT2D eigenvalue weighted by Crippen LogP contribution is 2.20. The second-order valence-corrected chi connectivity index (χ2v) is 5.79. The third kappa shape index (κ3) is 6.71. The van der Waals surface area contributed by atoms with E-state index in [9.17, 15) is 18.8 Å². The standard InChI is InChI=1S/C20H21FN2O5/c1-2-11-22-20(26)23-18(24)13-28-19(25)16-5-3-4-6-17(16)27-12-14-7-9-15(21)10-8-14/h3-10H,2,11-13H2,1H3,(H2,22,23,24,26). The minimum Gasteiger partial charge on any atom is -0.488 e. The lowest BCUT2D eigenvalue weighted by molar-refractivity contribution is -0.123. The van der Waals surface area contributed by atoms with E-state index in [4.69, 9.17) is 9.47 Å². The van der Waals surface area contributed by atoms with E-state index in [1.165, 1.54) is 18.2 Å². The zero-order chi connectivity index (χ0) is 20.4. The summed E-state index contributed by atoms with van der Waals surface area (Å²) in [5.41, 5.74) is 0.856. The van der Waals surface area contributed by atoms with Gasteiger partial charge in [-0.15, -0.1) is 0 Å². The van der Waals surface area contributed by atoms with Crippen LogP contribution in [0.25, 0.3) is 0 Å². The summed E-state index contributed by atoms with van der Waals surface area (Å²) in [5.74, 6) is -1.60. The zero-order valence-electron chi connectivity index (χ0n) is 15.4. The zero-order valence-corrected chi connectivity index (χ0v) is 15.4. The fourth-order valence-corrected chi connectivity index (χ4v) is 2.16. The first-order valence-electron chi connectivity index (χ1n) is 8.70. The summed E-state index contributed by atoms with van der Waals surface area (Å²) in [6, 6.07) is 11.5. The Morgan fingerprint density at radius 1 is 1.04 bits per heavy atom. The molecule has 0 spiro atoms. The molecule has 2 aromatic carbocycles. The number of nitrogens with one attached hydrogen (secondary N) is 2. The molecule has 8 heteroatoms. The summed E-state index contributed by atoms with van der Waals surface area (Å²) in [5, 5.41) is 4.53. The number of ether oxygens (including phenoxy) is 2. The SMILES string of the molecule is CCCNC(=O)NC(=O)COC(=O)c1ccccc1OCc1ccc(F)cc1. The molecule has 148 valence electrons. The predicted octanol–water partition coefficient (Wildman–Crippen LogP) is 2.80. The number of benzene rings is 2. The third-order valence-corrected chi connectivity index (χ3v) is 3.54. The van der Waals surface area contributed by atoms with Gasteiger partial charge in [0, 0.05) is 6.54 Å². The van der Waals surface area contributed by atoms with Crippen LogP contribution in [0, 0.1) is 5.82 Å². The molecule has 2 N–H and O–H groups in total. The van der Waals surface area contributed by atoms with Crippen molar-refractivity contribution < 1.29 is 28.2 Å². The lowest BCUT2D eigenvalue weighted by atomic mass is 10.2. The Morgan fingerprint density at radius 2 is 1.75 bits per heavy atom. The number of para-hydroxylation sites is 1. The van der Waals surface area contributed by atoms with Gasteiger partial charge in [0.25, 0.3) is 5.91 Å². The molecule has 0 unspecified atom stereocenters. The van der Waals surface area contributed by atoms with Crippen LogP contribution in [0.3, 0.4) is 0 Å². The lowest BCUT2D eigenvalue weighted by Crippen LogP contribution is -2.41. The van der Waals surface area contributed by atoms with Crippen LogP contribution in [-0.2, 0) is 16.1 Å². The van der Waals surface area contributed by atoms with Crippen molar-refractivity contribution in [2.24, 2.45) is 0 Å². The van der Waals surface area contributed by atoms with Gasteiger partial charge in [0.2, 0.25) is 0 Å². The van der Waals surface area contributed by atoms with Crippen LogP contribution in [-0.4, -0.2) is 31.1 Å². The maximum absolute atomic E-state index is 13.0. The van der Waals surface area contributed by atoms with Crippen molar-refractivity contribution in [1.82, 2.24) is 10.6 Å². The normalized spacial score (nSPS) is 10.1. The van der Waals surface area contributed by atoms with Gasteiger partial charge in [-0.1, -0.05) is 31.2 Å². The van der Waals surface area contributed by atoms with Crippen LogP contribution in [0.5, 0.6) is 5.75 Å².